The van der Waals surface area contributed by atoms with Crippen LogP contribution in [0.25, 0.3) is 0 Å². The average molecular weight is 380 g/mol. The van der Waals surface area contributed by atoms with Crippen LogP contribution in [0, 0.1) is 0 Å². The Morgan fingerprint density at radius 2 is 1.68 bits per heavy atom. The maximum absolute atomic E-state index is 13.4. The number of methoxy groups -OCH3 is 1. The summed E-state index contributed by atoms with van der Waals surface area (Å²) in [5.41, 5.74) is 1.12. The maximum Gasteiger partial charge on any atom is 0.337 e. The van der Waals surface area contributed by atoms with Crippen molar-refractivity contribution in [3.05, 3.63) is 65.7 Å². The highest BCUT2D eigenvalue weighted by Crippen LogP contribution is 2.37. The van der Waals surface area contributed by atoms with Crippen molar-refractivity contribution < 1.29 is 19.1 Å². The lowest BCUT2D eigenvalue weighted by Gasteiger charge is -2.40. The van der Waals surface area contributed by atoms with Crippen LogP contribution in [0.2, 0.25) is 0 Å². The Labute approximate surface area is 164 Å². The Kier molecular flexibility index (Phi) is 5.78. The predicted octanol–water partition coefficient (Wildman–Crippen LogP) is 2.99. The fourth-order valence-electron chi connectivity index (χ4n) is 3.70. The molecule has 146 valence electrons. The number of nitrogens with zero attached hydrogens (tertiary/aromatic N) is 1. The molecule has 0 radical (unpaired) electrons. The van der Waals surface area contributed by atoms with Crippen LogP contribution in [0.3, 0.4) is 0 Å². The molecule has 0 unspecified atom stereocenters. The Bertz CT molecular complexity index is 871. The van der Waals surface area contributed by atoms with E-state index in [2.05, 4.69) is 5.32 Å². The van der Waals surface area contributed by atoms with Gasteiger partial charge in [0.2, 0.25) is 11.8 Å². The van der Waals surface area contributed by atoms with Crippen LogP contribution in [0.1, 0.15) is 35.7 Å². The first-order valence-electron chi connectivity index (χ1n) is 9.27. The number of nitrogens with one attached hydrogen (secondary N) is 1. The molecule has 1 aliphatic heterocycles. The van der Waals surface area contributed by atoms with Crippen molar-refractivity contribution in [1.82, 2.24) is 4.90 Å². The molecule has 1 saturated heterocycles. The van der Waals surface area contributed by atoms with E-state index < -0.39 is 11.4 Å². The van der Waals surface area contributed by atoms with Gasteiger partial charge in [-0.15, -0.1) is 0 Å². The van der Waals surface area contributed by atoms with Gasteiger partial charge in [0.1, 0.15) is 0 Å². The molecule has 1 fully saturated rings. The maximum atomic E-state index is 13.4. The summed E-state index contributed by atoms with van der Waals surface area (Å²) in [7, 11) is 1.32. The Morgan fingerprint density at radius 1 is 1.00 bits per heavy atom. The fraction of sp³-hybridized carbons (Fsp3) is 0.318. The molecule has 2 aromatic rings. The van der Waals surface area contributed by atoms with Gasteiger partial charge in [-0.3, -0.25) is 9.59 Å². The van der Waals surface area contributed by atoms with Gasteiger partial charge in [0, 0.05) is 25.7 Å². The monoisotopic (exact) mass is 380 g/mol. The van der Waals surface area contributed by atoms with Crippen molar-refractivity contribution in [3.63, 3.8) is 0 Å². The Hall–Kier alpha value is -3.15. The van der Waals surface area contributed by atoms with Crippen LogP contribution in [0.4, 0.5) is 5.69 Å². The van der Waals surface area contributed by atoms with Gasteiger partial charge in [-0.25, -0.2) is 4.79 Å². The third-order valence-electron chi connectivity index (χ3n) is 5.36. The topological polar surface area (TPSA) is 75.7 Å². The van der Waals surface area contributed by atoms with E-state index in [0.29, 0.717) is 37.2 Å². The summed E-state index contributed by atoms with van der Waals surface area (Å²) in [5.74, 6) is -0.569. The van der Waals surface area contributed by atoms with Gasteiger partial charge in [-0.1, -0.05) is 36.4 Å². The SMILES string of the molecule is COC(=O)c1cccc(NC(=O)C2(c3ccccc3)CCN(C(C)=O)CC2)c1. The second-order valence-corrected chi connectivity index (χ2v) is 6.98. The Balaban J connectivity index is 1.88. The number of hydrogen-bond donors (Lipinski definition) is 1. The van der Waals surface area contributed by atoms with E-state index in [4.69, 9.17) is 4.74 Å². The summed E-state index contributed by atoms with van der Waals surface area (Å²) in [6.07, 6.45) is 1.08. The number of hydrogen-bond acceptors (Lipinski definition) is 4. The molecule has 2 amide bonds. The van der Waals surface area contributed by atoms with E-state index in [9.17, 15) is 14.4 Å². The molecular weight excluding hydrogens is 356 g/mol. The van der Waals surface area contributed by atoms with E-state index in [1.807, 2.05) is 30.3 Å². The minimum absolute atomic E-state index is 0.0212. The lowest BCUT2D eigenvalue weighted by Crippen LogP contribution is -2.50. The van der Waals surface area contributed by atoms with Crippen molar-refractivity contribution in [2.24, 2.45) is 0 Å². The van der Waals surface area contributed by atoms with Crippen molar-refractivity contribution >= 4 is 23.5 Å². The van der Waals surface area contributed by atoms with Gasteiger partial charge in [0.05, 0.1) is 18.1 Å². The lowest BCUT2D eigenvalue weighted by atomic mass is 9.72. The number of carbonyl (C=O) groups excluding carboxylic acids is 3. The van der Waals surface area contributed by atoms with E-state index in [0.717, 1.165) is 5.56 Å². The average Bonchev–Trinajstić information content (AvgIpc) is 2.73. The smallest absolute Gasteiger partial charge is 0.337 e. The molecule has 6 heteroatoms. The largest absolute Gasteiger partial charge is 0.465 e. The molecule has 0 aromatic heterocycles. The number of likely N-dealkylation sites (tertiary alicyclic amines) is 1. The molecule has 0 bridgehead atoms. The zero-order chi connectivity index (χ0) is 20.1. The normalized spacial score (nSPS) is 15.6. The minimum atomic E-state index is -0.728. The van der Waals surface area contributed by atoms with Crippen LogP contribution in [-0.2, 0) is 19.7 Å². The van der Waals surface area contributed by atoms with Crippen molar-refractivity contribution in [2.75, 3.05) is 25.5 Å². The van der Waals surface area contributed by atoms with Crippen molar-refractivity contribution in [2.45, 2.75) is 25.2 Å². The minimum Gasteiger partial charge on any atom is -0.465 e. The molecule has 0 aliphatic carbocycles. The molecule has 1 aliphatic rings. The molecule has 0 spiro atoms. The standard InChI is InChI=1S/C22H24N2O4/c1-16(25)24-13-11-22(12-14-24,18-8-4-3-5-9-18)21(27)23-19-10-6-7-17(15-19)20(26)28-2/h3-10,15H,11-14H2,1-2H3,(H,23,27). The molecule has 1 heterocycles. The molecule has 6 nitrogen and oxygen atoms in total. The van der Waals surface area contributed by atoms with Crippen LogP contribution < -0.4 is 5.32 Å². The predicted molar refractivity (Wildman–Crippen MR) is 106 cm³/mol. The van der Waals surface area contributed by atoms with Gasteiger partial charge in [-0.05, 0) is 36.6 Å². The fourth-order valence-corrected chi connectivity index (χ4v) is 3.70. The molecule has 0 atom stereocenters. The van der Waals surface area contributed by atoms with Gasteiger partial charge >= 0.3 is 5.97 Å². The second-order valence-electron chi connectivity index (χ2n) is 6.98. The first-order valence-corrected chi connectivity index (χ1v) is 9.27. The molecule has 0 saturated carbocycles. The second kappa shape index (κ2) is 8.25. The number of rotatable bonds is 4. The first kappa shape index (κ1) is 19.6. The number of esters is 1. The number of anilines is 1. The third kappa shape index (κ3) is 3.91. The molecular formula is C22H24N2O4. The van der Waals surface area contributed by atoms with Gasteiger partial charge in [0.25, 0.3) is 0 Å². The number of carbonyl (C=O) groups is 3. The highest BCUT2D eigenvalue weighted by Gasteiger charge is 2.43. The number of benzene rings is 2. The summed E-state index contributed by atoms with van der Waals surface area (Å²) in [6.45, 7) is 2.60. The van der Waals surface area contributed by atoms with Gasteiger partial charge < -0.3 is 15.0 Å². The summed E-state index contributed by atoms with van der Waals surface area (Å²) in [5, 5.41) is 2.96. The summed E-state index contributed by atoms with van der Waals surface area (Å²) in [6, 6.07) is 16.3. The van der Waals surface area contributed by atoms with E-state index in [1.165, 1.54) is 7.11 Å². The highest BCUT2D eigenvalue weighted by atomic mass is 16.5. The van der Waals surface area contributed by atoms with E-state index >= 15 is 0 Å². The number of amides is 2. The molecule has 3 rings (SSSR count). The summed E-state index contributed by atoms with van der Waals surface area (Å²) >= 11 is 0. The van der Waals surface area contributed by atoms with E-state index in [-0.39, 0.29) is 11.8 Å². The number of ether oxygens (including phenoxy) is 1. The van der Waals surface area contributed by atoms with Crippen LogP contribution in [0.5, 0.6) is 0 Å². The van der Waals surface area contributed by atoms with E-state index in [1.54, 1.807) is 36.1 Å². The van der Waals surface area contributed by atoms with Crippen molar-refractivity contribution in [1.29, 1.82) is 0 Å². The highest BCUT2D eigenvalue weighted by molar-refractivity contribution is 6.00. The summed E-state index contributed by atoms with van der Waals surface area (Å²) < 4.78 is 4.75. The Morgan fingerprint density at radius 3 is 2.29 bits per heavy atom. The first-order chi connectivity index (χ1) is 13.5. The third-order valence-corrected chi connectivity index (χ3v) is 5.36. The van der Waals surface area contributed by atoms with Gasteiger partial charge in [0.15, 0.2) is 0 Å². The van der Waals surface area contributed by atoms with Crippen LogP contribution >= 0.6 is 0 Å². The number of piperidine rings is 1. The quantitative estimate of drug-likeness (QED) is 0.828. The van der Waals surface area contributed by atoms with Crippen LogP contribution in [0.15, 0.2) is 54.6 Å². The zero-order valence-corrected chi connectivity index (χ0v) is 16.1. The van der Waals surface area contributed by atoms with Gasteiger partial charge in [-0.2, -0.15) is 0 Å². The lowest BCUT2D eigenvalue weighted by molar-refractivity contribution is -0.133. The molecule has 2 aromatic carbocycles. The molecule has 28 heavy (non-hydrogen) atoms. The zero-order valence-electron chi connectivity index (χ0n) is 16.1. The summed E-state index contributed by atoms with van der Waals surface area (Å²) in [4.78, 5) is 38.6. The molecule has 1 N–H and O–H groups in total. The van der Waals surface area contributed by atoms with Crippen LogP contribution in [-0.4, -0.2) is 42.9 Å². The van der Waals surface area contributed by atoms with Crippen molar-refractivity contribution in [3.8, 4) is 0 Å².